The molecule has 1 unspecified atom stereocenters. The van der Waals surface area contributed by atoms with Crippen LogP contribution in [0.4, 0.5) is 0 Å². The first-order chi connectivity index (χ1) is 8.08. The first-order valence-electron chi connectivity index (χ1n) is 5.81. The molecule has 94 valence electrons. The summed E-state index contributed by atoms with van der Waals surface area (Å²) in [6.07, 6.45) is 2.43. The summed E-state index contributed by atoms with van der Waals surface area (Å²) in [6, 6.07) is 2.35. The first-order valence-corrected chi connectivity index (χ1v) is 7.14. The molecule has 1 atom stereocenters. The van der Waals surface area contributed by atoms with Gasteiger partial charge in [0.1, 0.15) is 0 Å². The maximum Gasteiger partial charge on any atom is 0.263 e. The summed E-state index contributed by atoms with van der Waals surface area (Å²) < 4.78 is 0. The van der Waals surface area contributed by atoms with Gasteiger partial charge in [0, 0.05) is 29.9 Å². The van der Waals surface area contributed by atoms with E-state index in [-0.39, 0.29) is 5.91 Å². The van der Waals surface area contributed by atoms with Gasteiger partial charge >= 0.3 is 0 Å². The summed E-state index contributed by atoms with van der Waals surface area (Å²) in [5.74, 6) is 0.107. The van der Waals surface area contributed by atoms with Crippen molar-refractivity contribution in [3.63, 3.8) is 0 Å². The first kappa shape index (κ1) is 12.9. The Kier molecular flexibility index (Phi) is 4.12. The van der Waals surface area contributed by atoms with E-state index in [0.29, 0.717) is 6.04 Å². The molecule has 2 rings (SSSR count). The summed E-state index contributed by atoms with van der Waals surface area (Å²) in [5, 5.41) is 1.89. The van der Waals surface area contributed by atoms with Crippen LogP contribution in [0.2, 0.25) is 0 Å². The summed E-state index contributed by atoms with van der Waals surface area (Å²) in [7, 11) is 4.01. The largest absolute Gasteiger partial charge is 0.339 e. The number of thiol groups is 1. The van der Waals surface area contributed by atoms with E-state index in [2.05, 4.69) is 24.6 Å². The zero-order chi connectivity index (χ0) is 12.4. The minimum atomic E-state index is 0.107. The van der Waals surface area contributed by atoms with E-state index in [9.17, 15) is 4.79 Å². The van der Waals surface area contributed by atoms with Crippen molar-refractivity contribution in [2.24, 2.45) is 0 Å². The topological polar surface area (TPSA) is 23.6 Å². The molecule has 0 aliphatic carbocycles. The van der Waals surface area contributed by atoms with Crippen LogP contribution in [0, 0.1) is 0 Å². The summed E-state index contributed by atoms with van der Waals surface area (Å²) in [5.41, 5.74) is 0. The van der Waals surface area contributed by atoms with Gasteiger partial charge in [-0.1, -0.05) is 0 Å². The summed E-state index contributed by atoms with van der Waals surface area (Å²) in [4.78, 5) is 17.9. The predicted octanol–water partition coefficient (Wildman–Crippen LogP) is 2.20. The quantitative estimate of drug-likeness (QED) is 0.851. The molecule has 1 saturated heterocycles. The maximum atomic E-state index is 12.1. The fourth-order valence-electron chi connectivity index (χ4n) is 2.24. The number of carbonyl (C=O) groups excluding carboxylic acids is 1. The van der Waals surface area contributed by atoms with E-state index in [1.54, 1.807) is 0 Å². The van der Waals surface area contributed by atoms with Gasteiger partial charge in [-0.2, -0.15) is 0 Å². The second-order valence-electron chi connectivity index (χ2n) is 4.63. The number of amides is 1. The van der Waals surface area contributed by atoms with Crippen LogP contribution in [0.1, 0.15) is 22.5 Å². The predicted molar refractivity (Wildman–Crippen MR) is 74.2 cm³/mol. The average molecular weight is 270 g/mol. The Hall–Kier alpha value is -0.520. The average Bonchev–Trinajstić information content (AvgIpc) is 2.88. The number of thiophene rings is 1. The molecule has 1 aliphatic heterocycles. The molecule has 17 heavy (non-hydrogen) atoms. The number of rotatable bonds is 3. The molecule has 0 aromatic carbocycles. The molecule has 1 fully saturated rings. The second kappa shape index (κ2) is 5.42. The summed E-state index contributed by atoms with van der Waals surface area (Å²) in [6.45, 7) is 1.96. The van der Waals surface area contributed by atoms with Crippen LogP contribution in [0.5, 0.6) is 0 Å². The lowest BCUT2D eigenvalue weighted by atomic mass is 10.2. The lowest BCUT2D eigenvalue weighted by Gasteiger charge is -2.25. The highest BCUT2D eigenvalue weighted by Crippen LogP contribution is 2.20. The molecule has 2 heterocycles. The lowest BCUT2D eigenvalue weighted by molar-refractivity contribution is 0.0766. The van der Waals surface area contributed by atoms with Crippen molar-refractivity contribution in [2.75, 3.05) is 27.2 Å². The van der Waals surface area contributed by atoms with Crippen LogP contribution in [0.15, 0.2) is 16.3 Å². The third-order valence-corrected chi connectivity index (χ3v) is 4.65. The van der Waals surface area contributed by atoms with Crippen LogP contribution in [0.25, 0.3) is 0 Å². The molecule has 3 nitrogen and oxygen atoms in total. The van der Waals surface area contributed by atoms with Crippen molar-refractivity contribution >= 4 is 29.9 Å². The van der Waals surface area contributed by atoms with Crippen LogP contribution >= 0.6 is 24.0 Å². The normalized spacial score (nSPS) is 20.8. The van der Waals surface area contributed by atoms with Gasteiger partial charge in [0.25, 0.3) is 5.91 Å². The van der Waals surface area contributed by atoms with E-state index in [1.807, 2.05) is 23.4 Å². The SMILES string of the molecule is CN(CC1CCCN1C)C(=O)c1cc(S)cs1. The van der Waals surface area contributed by atoms with Gasteiger partial charge < -0.3 is 9.80 Å². The Bertz CT molecular complexity index is 405. The molecule has 1 aromatic rings. The smallest absolute Gasteiger partial charge is 0.263 e. The number of likely N-dealkylation sites (N-methyl/N-ethyl adjacent to an activating group) is 2. The fourth-order valence-corrected chi connectivity index (χ4v) is 3.38. The molecule has 1 aromatic heterocycles. The van der Waals surface area contributed by atoms with E-state index in [4.69, 9.17) is 0 Å². The van der Waals surface area contributed by atoms with E-state index >= 15 is 0 Å². The Labute approximate surface area is 112 Å². The molecular weight excluding hydrogens is 252 g/mol. The van der Waals surface area contributed by atoms with Gasteiger partial charge in [0.2, 0.25) is 0 Å². The van der Waals surface area contributed by atoms with Crippen LogP contribution in [-0.2, 0) is 0 Å². The molecule has 0 spiro atoms. The highest BCUT2D eigenvalue weighted by atomic mass is 32.1. The Morgan fingerprint density at radius 3 is 3.00 bits per heavy atom. The number of likely N-dealkylation sites (tertiary alicyclic amines) is 1. The molecular formula is C12H18N2OS2. The zero-order valence-electron chi connectivity index (χ0n) is 10.2. The van der Waals surface area contributed by atoms with Gasteiger partial charge in [-0.05, 0) is 32.5 Å². The second-order valence-corrected chi connectivity index (χ2v) is 6.06. The van der Waals surface area contributed by atoms with Crippen molar-refractivity contribution in [1.29, 1.82) is 0 Å². The highest BCUT2D eigenvalue weighted by Gasteiger charge is 2.24. The number of hydrogen-bond acceptors (Lipinski definition) is 4. The Morgan fingerprint density at radius 1 is 1.71 bits per heavy atom. The van der Waals surface area contributed by atoms with Crippen LogP contribution in [0.3, 0.4) is 0 Å². The number of carbonyl (C=O) groups is 1. The van der Waals surface area contributed by atoms with Crippen molar-refractivity contribution in [2.45, 2.75) is 23.8 Å². The maximum absolute atomic E-state index is 12.1. The summed E-state index contributed by atoms with van der Waals surface area (Å²) >= 11 is 5.69. The molecule has 0 saturated carbocycles. The lowest BCUT2D eigenvalue weighted by Crippen LogP contribution is -2.39. The van der Waals surface area contributed by atoms with E-state index in [0.717, 1.165) is 22.9 Å². The van der Waals surface area contributed by atoms with Gasteiger partial charge in [-0.15, -0.1) is 24.0 Å². The van der Waals surface area contributed by atoms with Gasteiger partial charge in [0.05, 0.1) is 4.88 Å². The highest BCUT2D eigenvalue weighted by molar-refractivity contribution is 7.80. The van der Waals surface area contributed by atoms with Crippen molar-refractivity contribution < 1.29 is 4.79 Å². The number of nitrogens with zero attached hydrogens (tertiary/aromatic N) is 2. The van der Waals surface area contributed by atoms with E-state index < -0.39 is 0 Å². The minimum absolute atomic E-state index is 0.107. The molecule has 1 aliphatic rings. The monoisotopic (exact) mass is 270 g/mol. The third kappa shape index (κ3) is 3.03. The van der Waals surface area contributed by atoms with Crippen LogP contribution < -0.4 is 0 Å². The van der Waals surface area contributed by atoms with Gasteiger partial charge in [-0.25, -0.2) is 0 Å². The van der Waals surface area contributed by atoms with Gasteiger partial charge in [-0.3, -0.25) is 4.79 Å². The van der Waals surface area contributed by atoms with E-state index in [1.165, 1.54) is 24.2 Å². The van der Waals surface area contributed by atoms with Gasteiger partial charge in [0.15, 0.2) is 0 Å². The molecule has 0 radical (unpaired) electrons. The van der Waals surface area contributed by atoms with Crippen LogP contribution in [-0.4, -0.2) is 48.9 Å². The Morgan fingerprint density at radius 2 is 2.47 bits per heavy atom. The fraction of sp³-hybridized carbons (Fsp3) is 0.583. The molecule has 0 N–H and O–H groups in total. The molecule has 0 bridgehead atoms. The molecule has 1 amide bonds. The van der Waals surface area contributed by atoms with Crippen molar-refractivity contribution in [3.8, 4) is 0 Å². The molecule has 5 heteroatoms. The third-order valence-electron chi connectivity index (χ3n) is 3.30. The Balaban J connectivity index is 1.95. The van der Waals surface area contributed by atoms with Crippen molar-refractivity contribution in [3.05, 3.63) is 16.3 Å². The standard InChI is InChI=1S/C12H18N2OS2/c1-13-5-3-4-9(13)7-14(2)12(15)11-6-10(16)8-17-11/h6,8-9,16H,3-5,7H2,1-2H3. The minimum Gasteiger partial charge on any atom is -0.339 e. The number of hydrogen-bond donors (Lipinski definition) is 1. The zero-order valence-corrected chi connectivity index (χ0v) is 11.9. The van der Waals surface area contributed by atoms with Crippen molar-refractivity contribution in [1.82, 2.24) is 9.80 Å².